The van der Waals surface area contributed by atoms with Gasteiger partial charge in [0, 0.05) is 6.42 Å². The molecular formula is C10H17F2NO3. The maximum atomic E-state index is 12.0. The van der Waals surface area contributed by atoms with Gasteiger partial charge in [-0.25, -0.2) is 8.78 Å². The number of carbonyl (C=O) groups excluding carboxylic acids is 1. The average molecular weight is 237 g/mol. The van der Waals surface area contributed by atoms with Gasteiger partial charge in [0.05, 0.1) is 13.2 Å². The van der Waals surface area contributed by atoms with E-state index in [0.29, 0.717) is 19.3 Å². The number of carbonyl (C=O) groups is 1. The van der Waals surface area contributed by atoms with Crippen LogP contribution in [0.2, 0.25) is 0 Å². The summed E-state index contributed by atoms with van der Waals surface area (Å²) in [5.74, 6) is -0.363. The maximum absolute atomic E-state index is 12.0. The van der Waals surface area contributed by atoms with Crippen molar-refractivity contribution in [1.29, 1.82) is 0 Å². The summed E-state index contributed by atoms with van der Waals surface area (Å²) < 4.78 is 33.6. The molecule has 0 aromatic carbocycles. The van der Waals surface area contributed by atoms with Crippen molar-refractivity contribution < 1.29 is 23.0 Å². The minimum absolute atomic E-state index is 0.305. The van der Waals surface area contributed by atoms with Crippen molar-refractivity contribution in [1.82, 2.24) is 5.32 Å². The fraction of sp³-hybridized carbons (Fsp3) is 0.900. The third kappa shape index (κ3) is 2.89. The zero-order valence-corrected chi connectivity index (χ0v) is 9.46. The number of hydrogen-bond donors (Lipinski definition) is 1. The lowest BCUT2D eigenvalue weighted by molar-refractivity contribution is -0.148. The maximum Gasteiger partial charge on any atom is 0.326 e. The van der Waals surface area contributed by atoms with Gasteiger partial charge in [-0.1, -0.05) is 0 Å². The minimum atomic E-state index is -2.47. The molecule has 1 fully saturated rings. The van der Waals surface area contributed by atoms with Crippen molar-refractivity contribution in [2.45, 2.75) is 37.3 Å². The molecule has 1 N–H and O–H groups in total. The van der Waals surface area contributed by atoms with E-state index < -0.39 is 18.6 Å². The lowest BCUT2D eigenvalue weighted by Crippen LogP contribution is -2.49. The molecule has 0 spiro atoms. The Hall–Kier alpha value is -0.750. The number of esters is 1. The summed E-state index contributed by atoms with van der Waals surface area (Å²) in [7, 11) is 2.97. The van der Waals surface area contributed by atoms with Gasteiger partial charge < -0.3 is 14.8 Å². The summed E-state index contributed by atoms with van der Waals surface area (Å²) in [6.45, 7) is -0.578. The number of hydrogen-bond acceptors (Lipinski definition) is 4. The van der Waals surface area contributed by atoms with Crippen molar-refractivity contribution in [3.63, 3.8) is 0 Å². The third-order valence-electron chi connectivity index (χ3n) is 2.98. The number of nitrogens with one attached hydrogen (secondary N) is 1. The Balaban J connectivity index is 2.51. The summed E-state index contributed by atoms with van der Waals surface area (Å²) >= 11 is 0. The summed E-state index contributed by atoms with van der Waals surface area (Å²) in [6, 6.07) is 0. The van der Waals surface area contributed by atoms with Crippen LogP contribution in [-0.2, 0) is 14.3 Å². The van der Waals surface area contributed by atoms with E-state index in [0.717, 1.165) is 0 Å². The molecular weight excluding hydrogens is 220 g/mol. The van der Waals surface area contributed by atoms with Gasteiger partial charge in [-0.15, -0.1) is 0 Å². The first-order valence-electron chi connectivity index (χ1n) is 5.21. The average Bonchev–Trinajstić information content (AvgIpc) is 2.70. The van der Waals surface area contributed by atoms with E-state index >= 15 is 0 Å². The second kappa shape index (κ2) is 5.54. The van der Waals surface area contributed by atoms with E-state index in [9.17, 15) is 13.6 Å². The molecule has 0 aliphatic heterocycles. The van der Waals surface area contributed by atoms with Gasteiger partial charge in [0.15, 0.2) is 0 Å². The van der Waals surface area contributed by atoms with Crippen LogP contribution in [0.3, 0.4) is 0 Å². The molecule has 1 saturated carbocycles. The van der Waals surface area contributed by atoms with Gasteiger partial charge in [-0.05, 0) is 19.9 Å². The van der Waals surface area contributed by atoms with Crippen molar-refractivity contribution in [2.75, 3.05) is 20.8 Å². The number of likely N-dealkylation sites (N-methyl/N-ethyl adjacent to an activating group) is 1. The van der Waals surface area contributed by atoms with E-state index in [1.165, 1.54) is 7.11 Å². The number of ether oxygens (including phenoxy) is 2. The van der Waals surface area contributed by atoms with Crippen LogP contribution in [0.4, 0.5) is 8.78 Å². The Morgan fingerprint density at radius 3 is 2.81 bits per heavy atom. The SMILES string of the molecule is CNC1(C(=O)OC)CCC(OCC(F)F)C1. The highest BCUT2D eigenvalue weighted by Gasteiger charge is 2.45. The topological polar surface area (TPSA) is 47.6 Å². The summed E-state index contributed by atoms with van der Waals surface area (Å²) in [5.41, 5.74) is -0.776. The molecule has 0 radical (unpaired) electrons. The molecule has 16 heavy (non-hydrogen) atoms. The highest BCUT2D eigenvalue weighted by atomic mass is 19.3. The minimum Gasteiger partial charge on any atom is -0.468 e. The summed E-state index contributed by atoms with van der Waals surface area (Å²) in [5, 5.41) is 2.90. The molecule has 6 heteroatoms. The monoisotopic (exact) mass is 237 g/mol. The van der Waals surface area contributed by atoms with Crippen LogP contribution >= 0.6 is 0 Å². The van der Waals surface area contributed by atoms with Crippen LogP contribution in [0.1, 0.15) is 19.3 Å². The Morgan fingerprint density at radius 2 is 2.31 bits per heavy atom. The second-order valence-corrected chi connectivity index (χ2v) is 3.91. The van der Waals surface area contributed by atoms with Crippen LogP contribution in [-0.4, -0.2) is 44.8 Å². The Morgan fingerprint density at radius 1 is 1.62 bits per heavy atom. The molecule has 0 aromatic heterocycles. The highest BCUT2D eigenvalue weighted by Crippen LogP contribution is 2.32. The Bertz CT molecular complexity index is 250. The molecule has 0 amide bonds. The van der Waals surface area contributed by atoms with Crippen molar-refractivity contribution in [3.05, 3.63) is 0 Å². The van der Waals surface area contributed by atoms with E-state index in [2.05, 4.69) is 5.32 Å². The molecule has 2 unspecified atom stereocenters. The molecule has 0 saturated heterocycles. The van der Waals surface area contributed by atoms with Gasteiger partial charge in [0.1, 0.15) is 12.1 Å². The predicted molar refractivity (Wildman–Crippen MR) is 53.4 cm³/mol. The van der Waals surface area contributed by atoms with Crippen LogP contribution in [0.25, 0.3) is 0 Å². The normalized spacial score (nSPS) is 29.7. The van der Waals surface area contributed by atoms with Gasteiger partial charge in [-0.2, -0.15) is 0 Å². The Labute approximate surface area is 93.3 Å². The van der Waals surface area contributed by atoms with E-state index in [1.807, 2.05) is 0 Å². The predicted octanol–water partition coefficient (Wildman–Crippen LogP) is 0.952. The standard InChI is InChI=1S/C10H17F2NO3/c1-13-10(9(14)15-2)4-3-7(5-10)16-6-8(11)12/h7-8,13H,3-6H2,1-2H3. The molecule has 94 valence electrons. The third-order valence-corrected chi connectivity index (χ3v) is 2.98. The lowest BCUT2D eigenvalue weighted by Gasteiger charge is -2.25. The smallest absolute Gasteiger partial charge is 0.326 e. The second-order valence-electron chi connectivity index (χ2n) is 3.91. The summed E-state index contributed by atoms with van der Waals surface area (Å²) in [6.07, 6.45) is -1.27. The molecule has 1 aliphatic rings. The molecule has 0 bridgehead atoms. The molecule has 0 heterocycles. The van der Waals surface area contributed by atoms with Crippen molar-refractivity contribution in [3.8, 4) is 0 Å². The molecule has 1 aliphatic carbocycles. The van der Waals surface area contributed by atoms with Crippen molar-refractivity contribution >= 4 is 5.97 Å². The number of methoxy groups -OCH3 is 1. The number of halogens is 2. The number of alkyl halides is 2. The van der Waals surface area contributed by atoms with Gasteiger partial charge in [0.2, 0.25) is 0 Å². The van der Waals surface area contributed by atoms with E-state index in [-0.39, 0.29) is 12.1 Å². The molecule has 1 rings (SSSR count). The first-order valence-corrected chi connectivity index (χ1v) is 5.21. The van der Waals surface area contributed by atoms with Gasteiger partial charge in [-0.3, -0.25) is 4.79 Å². The highest BCUT2D eigenvalue weighted by molar-refractivity contribution is 5.81. The zero-order chi connectivity index (χ0) is 12.2. The lowest BCUT2D eigenvalue weighted by atomic mass is 9.98. The first kappa shape index (κ1) is 13.3. The van der Waals surface area contributed by atoms with E-state index in [4.69, 9.17) is 9.47 Å². The van der Waals surface area contributed by atoms with Crippen LogP contribution in [0.15, 0.2) is 0 Å². The van der Waals surface area contributed by atoms with Crippen LogP contribution < -0.4 is 5.32 Å². The molecule has 0 aromatic rings. The van der Waals surface area contributed by atoms with Crippen molar-refractivity contribution in [2.24, 2.45) is 0 Å². The largest absolute Gasteiger partial charge is 0.468 e. The van der Waals surface area contributed by atoms with Gasteiger partial charge >= 0.3 is 5.97 Å². The zero-order valence-electron chi connectivity index (χ0n) is 9.46. The number of rotatable bonds is 5. The summed E-state index contributed by atoms with van der Waals surface area (Å²) in [4.78, 5) is 11.6. The fourth-order valence-corrected chi connectivity index (χ4v) is 2.06. The molecule has 2 atom stereocenters. The fourth-order valence-electron chi connectivity index (χ4n) is 2.06. The van der Waals surface area contributed by atoms with Gasteiger partial charge in [0.25, 0.3) is 6.43 Å². The molecule has 4 nitrogen and oxygen atoms in total. The first-order chi connectivity index (χ1) is 7.54. The van der Waals surface area contributed by atoms with Crippen LogP contribution in [0.5, 0.6) is 0 Å². The van der Waals surface area contributed by atoms with E-state index in [1.54, 1.807) is 7.05 Å². The van der Waals surface area contributed by atoms with Crippen LogP contribution in [0, 0.1) is 0 Å². The quantitative estimate of drug-likeness (QED) is 0.723. The Kier molecular flexibility index (Phi) is 4.61.